The minimum Gasteiger partial charge on any atom is -0.483 e. The highest BCUT2D eigenvalue weighted by Gasteiger charge is 2.23. The van der Waals surface area contributed by atoms with Gasteiger partial charge in [0.2, 0.25) is 9.84 Å². The molecule has 0 fully saturated rings. The predicted molar refractivity (Wildman–Crippen MR) is 111 cm³/mol. The Hall–Kier alpha value is -3.18. The lowest BCUT2D eigenvalue weighted by Crippen LogP contribution is -2.29. The number of carbonyl (C=O) groups excluding carboxylic acids is 1. The van der Waals surface area contributed by atoms with E-state index in [0.29, 0.717) is 11.3 Å². The van der Waals surface area contributed by atoms with Crippen LogP contribution in [-0.2, 0) is 26.6 Å². The first-order valence-corrected chi connectivity index (χ1v) is 10.7. The van der Waals surface area contributed by atoms with Crippen molar-refractivity contribution >= 4 is 15.7 Å². The molecule has 0 bridgehead atoms. The summed E-state index contributed by atoms with van der Waals surface area (Å²) >= 11 is 0. The predicted octanol–water partition coefficient (Wildman–Crippen LogP) is 3.63. The quantitative estimate of drug-likeness (QED) is 0.677. The van der Waals surface area contributed by atoms with Crippen LogP contribution in [0.3, 0.4) is 0 Å². The molecular weight excluding hydrogens is 407 g/mol. The molecule has 0 spiro atoms. The van der Waals surface area contributed by atoms with E-state index in [0.717, 1.165) is 17.0 Å². The van der Waals surface area contributed by atoms with Gasteiger partial charge in [0.25, 0.3) is 5.91 Å². The zero-order valence-corrected chi connectivity index (χ0v) is 17.8. The third kappa shape index (κ3) is 6.42. The van der Waals surface area contributed by atoms with Crippen molar-refractivity contribution in [3.63, 3.8) is 0 Å². The van der Waals surface area contributed by atoms with Crippen molar-refractivity contribution in [1.29, 1.82) is 5.26 Å². The fourth-order valence-electron chi connectivity index (χ4n) is 2.59. The normalized spacial score (nSPS) is 11.8. The van der Waals surface area contributed by atoms with Gasteiger partial charge in [-0.2, -0.15) is 5.26 Å². The van der Waals surface area contributed by atoms with Crippen LogP contribution in [0.5, 0.6) is 5.75 Å². The maximum absolute atomic E-state index is 12.9. The molecule has 0 aromatic heterocycles. The number of amides is 1. The Morgan fingerprint density at radius 2 is 1.87 bits per heavy atom. The van der Waals surface area contributed by atoms with E-state index in [1.165, 1.54) is 30.3 Å². The second kappa shape index (κ2) is 9.55. The molecule has 6 nitrogen and oxygen atoms in total. The molecular formula is C22H23FN2O4S. The number of rotatable bonds is 7. The van der Waals surface area contributed by atoms with Gasteiger partial charge in [-0.15, -0.1) is 0 Å². The second-order valence-corrected chi connectivity index (χ2v) is 9.41. The number of nitrogens with zero attached hydrogens (tertiary/aromatic N) is 1. The van der Waals surface area contributed by atoms with Gasteiger partial charge >= 0.3 is 0 Å². The van der Waals surface area contributed by atoms with Crippen LogP contribution in [0.1, 0.15) is 31.9 Å². The van der Waals surface area contributed by atoms with Gasteiger partial charge in [-0.1, -0.05) is 32.9 Å². The molecule has 0 saturated heterocycles. The topological polar surface area (TPSA) is 96.3 Å². The summed E-state index contributed by atoms with van der Waals surface area (Å²) in [6.07, 6.45) is 0.905. The number of hydrogen-bond acceptors (Lipinski definition) is 5. The van der Waals surface area contributed by atoms with Gasteiger partial charge in [0.15, 0.2) is 6.61 Å². The SMILES string of the molecule is CC(C)(C)c1cc(S(=O)(=O)C=CC#N)ccc1OCC(=O)NCc1ccc(F)cc1. The molecule has 0 atom stereocenters. The van der Waals surface area contributed by atoms with Crippen molar-refractivity contribution < 1.29 is 22.3 Å². The molecule has 1 N–H and O–H groups in total. The molecule has 1 amide bonds. The van der Waals surface area contributed by atoms with E-state index in [9.17, 15) is 17.6 Å². The summed E-state index contributed by atoms with van der Waals surface area (Å²) in [6.45, 7) is 5.66. The molecule has 0 aliphatic heterocycles. The van der Waals surface area contributed by atoms with Gasteiger partial charge in [-0.05, 0) is 41.3 Å². The van der Waals surface area contributed by atoms with Gasteiger partial charge < -0.3 is 10.1 Å². The monoisotopic (exact) mass is 430 g/mol. The van der Waals surface area contributed by atoms with Crippen LogP contribution in [0.25, 0.3) is 0 Å². The average Bonchev–Trinajstić information content (AvgIpc) is 2.69. The van der Waals surface area contributed by atoms with Crippen molar-refractivity contribution in [3.05, 3.63) is 70.9 Å². The Morgan fingerprint density at radius 1 is 1.20 bits per heavy atom. The maximum Gasteiger partial charge on any atom is 0.258 e. The number of benzene rings is 2. The van der Waals surface area contributed by atoms with E-state index < -0.39 is 15.3 Å². The first kappa shape index (κ1) is 23.1. The molecule has 0 aliphatic rings. The Labute approximate surface area is 175 Å². The molecule has 0 aliphatic carbocycles. The zero-order valence-electron chi connectivity index (χ0n) is 17.0. The molecule has 0 heterocycles. The van der Waals surface area contributed by atoms with Crippen LogP contribution in [-0.4, -0.2) is 20.9 Å². The summed E-state index contributed by atoms with van der Waals surface area (Å²) in [4.78, 5) is 12.2. The summed E-state index contributed by atoms with van der Waals surface area (Å²) < 4.78 is 43.2. The highest BCUT2D eigenvalue weighted by Crippen LogP contribution is 2.33. The third-order valence-corrected chi connectivity index (χ3v) is 5.58. The summed E-state index contributed by atoms with van der Waals surface area (Å²) in [5.74, 6) is -0.327. The Kier molecular flexibility index (Phi) is 7.35. The van der Waals surface area contributed by atoms with E-state index in [2.05, 4.69) is 5.32 Å². The number of allylic oxidation sites excluding steroid dienone is 1. The van der Waals surface area contributed by atoms with Gasteiger partial charge in [0, 0.05) is 23.6 Å². The van der Waals surface area contributed by atoms with Crippen LogP contribution in [0.4, 0.5) is 4.39 Å². The number of nitriles is 1. The maximum atomic E-state index is 12.9. The molecule has 0 unspecified atom stereocenters. The number of sulfone groups is 1. The summed E-state index contributed by atoms with van der Waals surface area (Å²) in [7, 11) is -3.76. The van der Waals surface area contributed by atoms with Gasteiger partial charge in [-0.25, -0.2) is 12.8 Å². The summed E-state index contributed by atoms with van der Waals surface area (Å²) in [5.41, 5.74) is 0.907. The lowest BCUT2D eigenvalue weighted by Gasteiger charge is -2.23. The fraction of sp³-hybridized carbons (Fsp3) is 0.273. The molecule has 0 saturated carbocycles. The minimum atomic E-state index is -3.76. The highest BCUT2D eigenvalue weighted by atomic mass is 32.2. The molecule has 0 radical (unpaired) electrons. The van der Waals surface area contributed by atoms with Crippen molar-refractivity contribution in [2.24, 2.45) is 0 Å². The summed E-state index contributed by atoms with van der Waals surface area (Å²) in [5, 5.41) is 12.1. The second-order valence-electron chi connectivity index (χ2n) is 7.58. The van der Waals surface area contributed by atoms with Crippen LogP contribution in [0, 0.1) is 17.1 Å². The Bertz CT molecular complexity index is 1080. The fourth-order valence-corrected chi connectivity index (χ4v) is 3.53. The molecule has 30 heavy (non-hydrogen) atoms. The van der Waals surface area contributed by atoms with Crippen molar-refractivity contribution in [2.45, 2.75) is 37.6 Å². The van der Waals surface area contributed by atoms with E-state index in [-0.39, 0.29) is 29.8 Å². The summed E-state index contributed by atoms with van der Waals surface area (Å²) in [6, 6.07) is 11.8. The minimum absolute atomic E-state index is 0.0343. The average molecular weight is 431 g/mol. The number of nitrogens with one attached hydrogen (secondary N) is 1. The van der Waals surface area contributed by atoms with Crippen LogP contribution >= 0.6 is 0 Å². The van der Waals surface area contributed by atoms with Crippen LogP contribution < -0.4 is 10.1 Å². The lowest BCUT2D eigenvalue weighted by molar-refractivity contribution is -0.123. The first-order chi connectivity index (χ1) is 14.0. The molecule has 2 aromatic carbocycles. The van der Waals surface area contributed by atoms with Gasteiger partial charge in [0.05, 0.1) is 11.0 Å². The standard InChI is InChI=1S/C22H23FN2O4S/c1-22(2,3)19-13-18(30(27,28)12-4-11-24)9-10-20(19)29-15-21(26)25-14-16-5-7-17(23)8-6-16/h4-10,12-13H,14-15H2,1-3H3,(H,25,26). The smallest absolute Gasteiger partial charge is 0.258 e. The Balaban J connectivity index is 2.12. The third-order valence-electron chi connectivity index (χ3n) is 4.17. The molecule has 158 valence electrons. The Morgan fingerprint density at radius 3 is 2.47 bits per heavy atom. The largest absolute Gasteiger partial charge is 0.483 e. The molecule has 8 heteroatoms. The lowest BCUT2D eigenvalue weighted by atomic mass is 9.86. The number of hydrogen-bond donors (Lipinski definition) is 1. The van der Waals surface area contributed by atoms with E-state index in [1.54, 1.807) is 18.2 Å². The van der Waals surface area contributed by atoms with Crippen LogP contribution in [0.15, 0.2) is 58.8 Å². The first-order valence-electron chi connectivity index (χ1n) is 9.12. The zero-order chi connectivity index (χ0) is 22.4. The van der Waals surface area contributed by atoms with Crippen molar-refractivity contribution in [2.75, 3.05) is 6.61 Å². The van der Waals surface area contributed by atoms with Crippen molar-refractivity contribution in [1.82, 2.24) is 5.32 Å². The van der Waals surface area contributed by atoms with Crippen LogP contribution in [0.2, 0.25) is 0 Å². The van der Waals surface area contributed by atoms with E-state index in [4.69, 9.17) is 10.00 Å². The molecule has 2 rings (SSSR count). The van der Waals surface area contributed by atoms with Gasteiger partial charge in [0.1, 0.15) is 11.6 Å². The number of halogens is 1. The van der Waals surface area contributed by atoms with E-state index >= 15 is 0 Å². The van der Waals surface area contributed by atoms with Crippen molar-refractivity contribution in [3.8, 4) is 11.8 Å². The van der Waals surface area contributed by atoms with E-state index in [1.807, 2.05) is 20.8 Å². The highest BCUT2D eigenvalue weighted by molar-refractivity contribution is 7.94. The number of carbonyl (C=O) groups is 1. The number of ether oxygens (including phenoxy) is 1. The molecule has 2 aromatic rings. The van der Waals surface area contributed by atoms with Gasteiger partial charge in [-0.3, -0.25) is 4.79 Å².